The summed E-state index contributed by atoms with van der Waals surface area (Å²) in [6.07, 6.45) is 0.298. The molecule has 0 fully saturated rings. The van der Waals surface area contributed by atoms with Gasteiger partial charge in [-0.15, -0.1) is 0 Å². The van der Waals surface area contributed by atoms with E-state index in [0.29, 0.717) is 17.5 Å². The van der Waals surface area contributed by atoms with E-state index >= 15 is 0 Å². The van der Waals surface area contributed by atoms with Gasteiger partial charge in [-0.1, -0.05) is 0 Å². The number of ketones is 1. The van der Waals surface area contributed by atoms with Gasteiger partial charge in [-0.2, -0.15) is 0 Å². The van der Waals surface area contributed by atoms with Gasteiger partial charge < -0.3 is 5.73 Å². The van der Waals surface area contributed by atoms with Gasteiger partial charge >= 0.3 is 0 Å². The fraction of sp³-hybridized carbons (Fsp3) is 0.364. The second kappa shape index (κ2) is 4.33. The van der Waals surface area contributed by atoms with Crippen molar-refractivity contribution in [3.8, 4) is 0 Å². The lowest BCUT2D eigenvalue weighted by molar-refractivity contribution is 0.0976. The lowest BCUT2D eigenvalue weighted by atomic mass is 10.0. The standard InChI is InChI=1S/C11H14FNO/c1-7-5-9(12)3-4-10(7)11(14)6-8(2)13/h3-5,8H,6,13H2,1-2H3. The maximum absolute atomic E-state index is 12.7. The van der Waals surface area contributed by atoms with E-state index in [1.54, 1.807) is 13.8 Å². The number of carbonyl (C=O) groups excluding carboxylic acids is 1. The van der Waals surface area contributed by atoms with Crippen molar-refractivity contribution in [3.63, 3.8) is 0 Å². The van der Waals surface area contributed by atoms with Crippen molar-refractivity contribution in [1.29, 1.82) is 0 Å². The van der Waals surface area contributed by atoms with Gasteiger partial charge in [-0.05, 0) is 37.6 Å². The zero-order valence-corrected chi connectivity index (χ0v) is 8.38. The van der Waals surface area contributed by atoms with E-state index in [9.17, 15) is 9.18 Å². The zero-order valence-electron chi connectivity index (χ0n) is 8.38. The van der Waals surface area contributed by atoms with Crippen LogP contribution in [0.3, 0.4) is 0 Å². The van der Waals surface area contributed by atoms with Gasteiger partial charge in [0.05, 0.1) is 0 Å². The summed E-state index contributed by atoms with van der Waals surface area (Å²) >= 11 is 0. The number of hydrogen-bond acceptors (Lipinski definition) is 2. The van der Waals surface area contributed by atoms with Gasteiger partial charge in [-0.25, -0.2) is 4.39 Å². The van der Waals surface area contributed by atoms with Crippen molar-refractivity contribution < 1.29 is 9.18 Å². The molecule has 14 heavy (non-hydrogen) atoms. The molecule has 0 aliphatic rings. The molecular formula is C11H14FNO. The predicted molar refractivity (Wildman–Crippen MR) is 53.7 cm³/mol. The van der Waals surface area contributed by atoms with E-state index in [2.05, 4.69) is 0 Å². The number of hydrogen-bond donors (Lipinski definition) is 1. The minimum atomic E-state index is -0.320. The fourth-order valence-corrected chi connectivity index (χ4v) is 1.34. The average Bonchev–Trinajstić information content (AvgIpc) is 2.01. The van der Waals surface area contributed by atoms with Crippen LogP contribution in [-0.4, -0.2) is 11.8 Å². The van der Waals surface area contributed by atoms with Crippen LogP contribution in [0.15, 0.2) is 18.2 Å². The number of carbonyl (C=O) groups is 1. The number of nitrogens with two attached hydrogens (primary N) is 1. The molecule has 1 rings (SSSR count). The Balaban J connectivity index is 2.90. The summed E-state index contributed by atoms with van der Waals surface area (Å²) in [5.41, 5.74) is 6.74. The first-order chi connectivity index (χ1) is 6.50. The van der Waals surface area contributed by atoms with Crippen molar-refractivity contribution in [2.75, 3.05) is 0 Å². The number of aryl methyl sites for hydroxylation is 1. The van der Waals surface area contributed by atoms with E-state index in [0.717, 1.165) is 0 Å². The maximum atomic E-state index is 12.7. The van der Waals surface area contributed by atoms with Crippen LogP contribution in [0, 0.1) is 12.7 Å². The third-order valence-corrected chi connectivity index (χ3v) is 2.00. The van der Waals surface area contributed by atoms with Crippen LogP contribution in [-0.2, 0) is 0 Å². The Hall–Kier alpha value is -1.22. The molecule has 0 amide bonds. The number of halogens is 1. The highest BCUT2D eigenvalue weighted by atomic mass is 19.1. The Labute approximate surface area is 82.9 Å². The van der Waals surface area contributed by atoms with E-state index in [4.69, 9.17) is 5.73 Å². The topological polar surface area (TPSA) is 43.1 Å². The van der Waals surface area contributed by atoms with Crippen LogP contribution in [0.5, 0.6) is 0 Å². The number of Topliss-reactive ketones (excluding diaryl/α,β-unsaturated/α-hetero) is 1. The Morgan fingerprint density at radius 3 is 2.71 bits per heavy atom. The van der Waals surface area contributed by atoms with Crippen molar-refractivity contribution >= 4 is 5.78 Å². The highest BCUT2D eigenvalue weighted by Gasteiger charge is 2.11. The first-order valence-electron chi connectivity index (χ1n) is 4.55. The van der Waals surface area contributed by atoms with Crippen LogP contribution in [0.1, 0.15) is 29.3 Å². The smallest absolute Gasteiger partial charge is 0.164 e. The van der Waals surface area contributed by atoms with E-state index in [1.807, 2.05) is 0 Å². The van der Waals surface area contributed by atoms with Crippen LogP contribution in [0.25, 0.3) is 0 Å². The van der Waals surface area contributed by atoms with Crippen molar-refractivity contribution in [2.45, 2.75) is 26.3 Å². The Morgan fingerprint density at radius 2 is 2.21 bits per heavy atom. The fourth-order valence-electron chi connectivity index (χ4n) is 1.34. The van der Waals surface area contributed by atoms with E-state index in [1.165, 1.54) is 18.2 Å². The Morgan fingerprint density at radius 1 is 1.57 bits per heavy atom. The molecule has 0 spiro atoms. The molecule has 0 heterocycles. The SMILES string of the molecule is Cc1cc(F)ccc1C(=O)CC(C)N. The van der Waals surface area contributed by atoms with Gasteiger partial charge in [0, 0.05) is 18.0 Å². The summed E-state index contributed by atoms with van der Waals surface area (Å²) in [5, 5.41) is 0. The van der Waals surface area contributed by atoms with Gasteiger partial charge in [0.2, 0.25) is 0 Å². The quantitative estimate of drug-likeness (QED) is 0.750. The molecule has 0 aromatic heterocycles. The van der Waals surface area contributed by atoms with E-state index < -0.39 is 0 Å². The Kier molecular flexibility index (Phi) is 3.36. The number of rotatable bonds is 3. The van der Waals surface area contributed by atoms with Crippen LogP contribution >= 0.6 is 0 Å². The molecule has 1 aromatic rings. The van der Waals surface area contributed by atoms with Gasteiger partial charge in [0.1, 0.15) is 5.82 Å². The maximum Gasteiger partial charge on any atom is 0.164 e. The molecular weight excluding hydrogens is 181 g/mol. The molecule has 76 valence electrons. The van der Waals surface area contributed by atoms with Gasteiger partial charge in [0.25, 0.3) is 0 Å². The minimum Gasteiger partial charge on any atom is -0.328 e. The molecule has 2 N–H and O–H groups in total. The predicted octanol–water partition coefficient (Wildman–Crippen LogP) is 2.05. The summed E-state index contributed by atoms with van der Waals surface area (Å²) in [6.45, 7) is 3.49. The molecule has 0 bridgehead atoms. The lowest BCUT2D eigenvalue weighted by Gasteiger charge is -2.06. The van der Waals surface area contributed by atoms with Crippen molar-refractivity contribution in [1.82, 2.24) is 0 Å². The molecule has 0 aliphatic carbocycles. The third kappa shape index (κ3) is 2.64. The molecule has 0 saturated heterocycles. The molecule has 1 aromatic carbocycles. The molecule has 3 heteroatoms. The van der Waals surface area contributed by atoms with Gasteiger partial charge in [-0.3, -0.25) is 4.79 Å². The summed E-state index contributed by atoms with van der Waals surface area (Å²) in [7, 11) is 0. The molecule has 0 saturated carbocycles. The summed E-state index contributed by atoms with van der Waals surface area (Å²) in [6, 6.07) is 4.00. The van der Waals surface area contributed by atoms with Gasteiger partial charge in [0.15, 0.2) is 5.78 Å². The summed E-state index contributed by atoms with van der Waals surface area (Å²) in [4.78, 5) is 11.6. The first-order valence-corrected chi connectivity index (χ1v) is 4.55. The number of benzene rings is 1. The highest BCUT2D eigenvalue weighted by Crippen LogP contribution is 2.12. The van der Waals surface area contributed by atoms with Crippen LogP contribution in [0.2, 0.25) is 0 Å². The monoisotopic (exact) mass is 195 g/mol. The minimum absolute atomic E-state index is 0.0301. The molecule has 1 unspecified atom stereocenters. The second-order valence-corrected chi connectivity index (χ2v) is 3.56. The summed E-state index contributed by atoms with van der Waals surface area (Å²) < 4.78 is 12.7. The van der Waals surface area contributed by atoms with Crippen LogP contribution < -0.4 is 5.73 Å². The highest BCUT2D eigenvalue weighted by molar-refractivity contribution is 5.97. The first kappa shape index (κ1) is 10.9. The second-order valence-electron chi connectivity index (χ2n) is 3.56. The molecule has 0 aliphatic heterocycles. The lowest BCUT2D eigenvalue weighted by Crippen LogP contribution is -2.20. The third-order valence-electron chi connectivity index (χ3n) is 2.00. The van der Waals surface area contributed by atoms with Crippen molar-refractivity contribution in [2.24, 2.45) is 5.73 Å². The molecule has 1 atom stereocenters. The summed E-state index contributed by atoms with van der Waals surface area (Å²) in [5.74, 6) is -0.350. The zero-order chi connectivity index (χ0) is 10.7. The average molecular weight is 195 g/mol. The van der Waals surface area contributed by atoms with Crippen LogP contribution in [0.4, 0.5) is 4.39 Å². The largest absolute Gasteiger partial charge is 0.328 e. The van der Waals surface area contributed by atoms with E-state index in [-0.39, 0.29) is 17.6 Å². The normalized spacial score (nSPS) is 12.6. The van der Waals surface area contributed by atoms with Crippen molar-refractivity contribution in [3.05, 3.63) is 35.1 Å². The Bertz CT molecular complexity index is 347. The molecule has 2 nitrogen and oxygen atoms in total. The molecule has 0 radical (unpaired) electrons.